The molecular weight excluding hydrogens is 212 g/mol. The number of phenolic OH excluding ortho intramolecular Hbond substituents is 1. The Hall–Kier alpha value is -2.42. The molecule has 0 radical (unpaired) electrons. The van der Waals surface area contributed by atoms with E-state index >= 15 is 0 Å². The molecule has 1 aromatic heterocycles. The Morgan fingerprint density at radius 3 is 2.12 bits per heavy atom. The number of aromatic hydroxyl groups is 1. The molecule has 3 rings (SSSR count). The summed E-state index contributed by atoms with van der Waals surface area (Å²) in [6.45, 7) is 0. The van der Waals surface area contributed by atoms with E-state index in [1.807, 2.05) is 36.4 Å². The van der Waals surface area contributed by atoms with E-state index in [2.05, 4.69) is 10.2 Å². The van der Waals surface area contributed by atoms with Crippen LogP contribution in [0.1, 0.15) is 0 Å². The maximum absolute atomic E-state index is 8.63. The molecule has 0 saturated carbocycles. The Kier molecular flexibility index (Phi) is 3.65. The largest absolute Gasteiger partial charge is 0.508 e. The summed E-state index contributed by atoms with van der Waals surface area (Å²) in [5.74, 6) is 0.322. The summed E-state index contributed by atoms with van der Waals surface area (Å²) in [6, 6.07) is 18.6. The Bertz CT molecular complexity index is 516. The van der Waals surface area contributed by atoms with Gasteiger partial charge in [-0.3, -0.25) is 0 Å². The van der Waals surface area contributed by atoms with Crippen LogP contribution < -0.4 is 0 Å². The van der Waals surface area contributed by atoms with Crippen molar-refractivity contribution < 1.29 is 5.11 Å². The zero-order chi connectivity index (χ0) is 11.9. The normalized spacial score (nSPS) is 9.41. The highest BCUT2D eigenvalue weighted by Crippen LogP contribution is 2.06. The van der Waals surface area contributed by atoms with E-state index in [4.69, 9.17) is 5.11 Å². The number of aromatic nitrogens is 2. The summed E-state index contributed by atoms with van der Waals surface area (Å²) >= 11 is 0. The van der Waals surface area contributed by atoms with E-state index < -0.39 is 0 Å². The molecule has 0 unspecified atom stereocenters. The van der Waals surface area contributed by atoms with Gasteiger partial charge in [-0.15, -0.1) is 0 Å². The fourth-order valence-corrected chi connectivity index (χ4v) is 1.36. The molecule has 84 valence electrons. The third-order valence-corrected chi connectivity index (χ3v) is 2.18. The number of nitrogens with zero attached hydrogens (tertiary/aromatic N) is 2. The molecule has 0 aliphatic rings. The fraction of sp³-hybridized carbons (Fsp3) is 0. The van der Waals surface area contributed by atoms with Gasteiger partial charge in [-0.05, 0) is 24.3 Å². The summed E-state index contributed by atoms with van der Waals surface area (Å²) < 4.78 is 0. The highest BCUT2D eigenvalue weighted by molar-refractivity contribution is 5.77. The highest BCUT2D eigenvalue weighted by Gasteiger charge is 1.87. The molecule has 3 aromatic rings. The molecule has 0 bridgehead atoms. The van der Waals surface area contributed by atoms with Crippen molar-refractivity contribution in [2.75, 3.05) is 0 Å². The first-order valence-corrected chi connectivity index (χ1v) is 5.27. The van der Waals surface area contributed by atoms with Crippen molar-refractivity contribution in [3.63, 3.8) is 0 Å². The topological polar surface area (TPSA) is 46.0 Å². The van der Waals surface area contributed by atoms with Crippen LogP contribution in [-0.4, -0.2) is 15.3 Å². The van der Waals surface area contributed by atoms with Crippen molar-refractivity contribution in [3.8, 4) is 5.75 Å². The van der Waals surface area contributed by atoms with E-state index in [9.17, 15) is 0 Å². The molecule has 0 amide bonds. The monoisotopic (exact) mass is 224 g/mol. The second kappa shape index (κ2) is 5.61. The molecule has 0 fully saturated rings. The molecule has 3 nitrogen and oxygen atoms in total. The van der Waals surface area contributed by atoms with Crippen molar-refractivity contribution in [2.45, 2.75) is 0 Å². The minimum Gasteiger partial charge on any atom is -0.508 e. The number of benzene rings is 2. The first kappa shape index (κ1) is 11.1. The predicted molar refractivity (Wildman–Crippen MR) is 67.6 cm³/mol. The van der Waals surface area contributed by atoms with Crippen LogP contribution in [-0.2, 0) is 0 Å². The first-order chi connectivity index (χ1) is 8.36. The molecule has 0 aliphatic carbocycles. The second-order valence-electron chi connectivity index (χ2n) is 3.43. The van der Waals surface area contributed by atoms with Crippen LogP contribution in [0, 0.1) is 0 Å². The van der Waals surface area contributed by atoms with Crippen LogP contribution in [0.15, 0.2) is 66.9 Å². The minimum atomic E-state index is 0.322. The fourth-order valence-electron chi connectivity index (χ4n) is 1.36. The number of para-hydroxylation sites is 1. The van der Waals surface area contributed by atoms with Gasteiger partial charge in [0.2, 0.25) is 0 Å². The molecule has 0 aliphatic heterocycles. The van der Waals surface area contributed by atoms with Crippen molar-refractivity contribution in [3.05, 3.63) is 66.9 Å². The first-order valence-electron chi connectivity index (χ1n) is 5.27. The molecule has 1 heterocycles. The van der Waals surface area contributed by atoms with Crippen LogP contribution in [0.25, 0.3) is 10.9 Å². The number of fused-ring (bicyclic) bond motifs is 1. The van der Waals surface area contributed by atoms with Gasteiger partial charge < -0.3 is 5.11 Å². The van der Waals surface area contributed by atoms with Gasteiger partial charge in [0.15, 0.2) is 0 Å². The lowest BCUT2D eigenvalue weighted by atomic mass is 10.2. The SMILES string of the molecule is Oc1ccccc1.c1ccc2nnccc2c1. The van der Waals surface area contributed by atoms with Crippen LogP contribution in [0.2, 0.25) is 0 Å². The summed E-state index contributed by atoms with van der Waals surface area (Å²) in [5.41, 5.74) is 0.949. The summed E-state index contributed by atoms with van der Waals surface area (Å²) in [7, 11) is 0. The third kappa shape index (κ3) is 3.28. The van der Waals surface area contributed by atoms with E-state index in [1.165, 1.54) is 0 Å². The highest BCUT2D eigenvalue weighted by atomic mass is 16.3. The average molecular weight is 224 g/mol. The zero-order valence-corrected chi connectivity index (χ0v) is 9.19. The van der Waals surface area contributed by atoms with E-state index in [-0.39, 0.29) is 0 Å². The number of phenols is 1. The van der Waals surface area contributed by atoms with Gasteiger partial charge in [0.25, 0.3) is 0 Å². The molecule has 0 spiro atoms. The molecule has 0 atom stereocenters. The van der Waals surface area contributed by atoms with Gasteiger partial charge >= 0.3 is 0 Å². The van der Waals surface area contributed by atoms with Crippen LogP contribution >= 0.6 is 0 Å². The molecular formula is C14H12N2O. The minimum absolute atomic E-state index is 0.322. The van der Waals surface area contributed by atoms with Gasteiger partial charge in [-0.25, -0.2) is 0 Å². The second-order valence-corrected chi connectivity index (χ2v) is 3.43. The summed E-state index contributed by atoms with van der Waals surface area (Å²) in [4.78, 5) is 0. The standard InChI is InChI=1S/C8H6N2.C6H6O/c1-2-4-8-7(3-1)5-6-9-10-8;7-6-4-2-1-3-5-6/h1-6H;1-5,7H. The van der Waals surface area contributed by atoms with Crippen LogP contribution in [0.3, 0.4) is 0 Å². The van der Waals surface area contributed by atoms with Crippen molar-refractivity contribution in [2.24, 2.45) is 0 Å². The van der Waals surface area contributed by atoms with Crippen molar-refractivity contribution >= 4 is 10.9 Å². The molecule has 17 heavy (non-hydrogen) atoms. The Morgan fingerprint density at radius 2 is 1.47 bits per heavy atom. The van der Waals surface area contributed by atoms with Gasteiger partial charge in [-0.2, -0.15) is 10.2 Å². The Balaban J connectivity index is 0.000000136. The van der Waals surface area contributed by atoms with Crippen LogP contribution in [0.5, 0.6) is 5.75 Å². The predicted octanol–water partition coefficient (Wildman–Crippen LogP) is 3.02. The zero-order valence-electron chi connectivity index (χ0n) is 9.19. The molecule has 0 saturated heterocycles. The summed E-state index contributed by atoms with van der Waals surface area (Å²) in [5, 5.41) is 17.5. The average Bonchev–Trinajstić information content (AvgIpc) is 2.41. The third-order valence-electron chi connectivity index (χ3n) is 2.18. The lowest BCUT2D eigenvalue weighted by Gasteiger charge is -1.90. The van der Waals surface area contributed by atoms with Gasteiger partial charge in [0, 0.05) is 5.39 Å². The number of hydrogen-bond donors (Lipinski definition) is 1. The number of rotatable bonds is 0. The van der Waals surface area contributed by atoms with E-state index in [0.717, 1.165) is 10.9 Å². The maximum Gasteiger partial charge on any atom is 0.115 e. The lowest BCUT2D eigenvalue weighted by Crippen LogP contribution is -1.79. The summed E-state index contributed by atoms with van der Waals surface area (Å²) in [6.07, 6.45) is 1.70. The smallest absolute Gasteiger partial charge is 0.115 e. The van der Waals surface area contributed by atoms with E-state index in [1.54, 1.807) is 30.5 Å². The van der Waals surface area contributed by atoms with Gasteiger partial charge in [0.1, 0.15) is 5.75 Å². The van der Waals surface area contributed by atoms with Gasteiger partial charge in [-0.1, -0.05) is 36.4 Å². The maximum atomic E-state index is 8.63. The number of hydrogen-bond acceptors (Lipinski definition) is 3. The molecule has 2 aromatic carbocycles. The molecule has 1 N–H and O–H groups in total. The van der Waals surface area contributed by atoms with Crippen LogP contribution in [0.4, 0.5) is 0 Å². The van der Waals surface area contributed by atoms with Crippen molar-refractivity contribution in [1.29, 1.82) is 0 Å². The molecule has 3 heteroatoms. The Morgan fingerprint density at radius 1 is 0.765 bits per heavy atom. The van der Waals surface area contributed by atoms with Gasteiger partial charge in [0.05, 0.1) is 11.7 Å². The Labute approximate surface area is 99.4 Å². The lowest BCUT2D eigenvalue weighted by molar-refractivity contribution is 0.475. The quantitative estimate of drug-likeness (QED) is 0.638. The van der Waals surface area contributed by atoms with Crippen molar-refractivity contribution in [1.82, 2.24) is 10.2 Å². The van der Waals surface area contributed by atoms with E-state index in [0.29, 0.717) is 5.75 Å².